The molecule has 1 unspecified atom stereocenters. The van der Waals surface area contributed by atoms with Gasteiger partial charge in [-0.15, -0.1) is 0 Å². The Balaban J connectivity index is 1.78. The van der Waals surface area contributed by atoms with Crippen LogP contribution in [0.5, 0.6) is 0 Å². The van der Waals surface area contributed by atoms with Crippen molar-refractivity contribution in [2.24, 2.45) is 0 Å². The van der Waals surface area contributed by atoms with E-state index in [1.165, 1.54) is 4.90 Å². The number of carbonyl (C=O) groups excluding carboxylic acids is 2. The smallest absolute Gasteiger partial charge is 0.322 e. The van der Waals surface area contributed by atoms with Gasteiger partial charge in [-0.2, -0.15) is 0 Å². The lowest BCUT2D eigenvalue weighted by atomic mass is 9.96. The van der Waals surface area contributed by atoms with Crippen LogP contribution in [-0.2, 0) is 4.79 Å². The first-order valence-electron chi connectivity index (χ1n) is 7.86. The predicted molar refractivity (Wildman–Crippen MR) is 91.3 cm³/mol. The molecule has 1 atom stereocenters. The van der Waals surface area contributed by atoms with Crippen LogP contribution in [0, 0.1) is 0 Å². The minimum Gasteiger partial charge on any atom is -0.327 e. The van der Waals surface area contributed by atoms with E-state index in [2.05, 4.69) is 5.32 Å². The Bertz CT molecular complexity index is 830. The molecule has 2 aliphatic rings. The summed E-state index contributed by atoms with van der Waals surface area (Å²) in [5.41, 5.74) is 3.16. The van der Waals surface area contributed by atoms with Crippen molar-refractivity contribution in [2.45, 2.75) is 6.04 Å². The van der Waals surface area contributed by atoms with Crippen LogP contribution in [0.1, 0.15) is 11.6 Å². The van der Waals surface area contributed by atoms with E-state index in [0.717, 1.165) is 16.9 Å². The molecule has 0 radical (unpaired) electrons. The van der Waals surface area contributed by atoms with Crippen LogP contribution < -0.4 is 10.2 Å². The molecule has 2 aromatic carbocycles. The van der Waals surface area contributed by atoms with Crippen molar-refractivity contribution >= 4 is 17.6 Å². The number of anilines is 1. The molecule has 5 heteroatoms. The van der Waals surface area contributed by atoms with Gasteiger partial charge in [0.25, 0.3) is 5.91 Å². The maximum absolute atomic E-state index is 13.1. The number of rotatable bonds is 2. The molecule has 0 saturated heterocycles. The summed E-state index contributed by atoms with van der Waals surface area (Å²) in [5.74, 6) is -0.0584. The normalized spacial score (nSPS) is 20.3. The fourth-order valence-electron chi connectivity index (χ4n) is 3.28. The molecule has 0 saturated carbocycles. The van der Waals surface area contributed by atoms with E-state index >= 15 is 0 Å². The lowest BCUT2D eigenvalue weighted by Gasteiger charge is -2.31. The average Bonchev–Trinajstić information content (AvgIpc) is 2.97. The van der Waals surface area contributed by atoms with Crippen molar-refractivity contribution in [3.63, 3.8) is 0 Å². The third kappa shape index (κ3) is 2.17. The number of hydrogen-bond donors (Lipinski definition) is 1. The van der Waals surface area contributed by atoms with E-state index in [9.17, 15) is 9.59 Å². The van der Waals surface area contributed by atoms with Crippen LogP contribution in [0.15, 0.2) is 71.9 Å². The molecule has 0 aliphatic carbocycles. The first kappa shape index (κ1) is 14.5. The molecule has 1 N–H and O–H groups in total. The van der Waals surface area contributed by atoms with Crippen LogP contribution >= 0.6 is 0 Å². The predicted octanol–water partition coefficient (Wildman–Crippen LogP) is 2.68. The number of para-hydroxylation sites is 1. The molecule has 0 aromatic heterocycles. The second-order valence-electron chi connectivity index (χ2n) is 5.94. The molecule has 0 spiro atoms. The summed E-state index contributed by atoms with van der Waals surface area (Å²) in [6.45, 7) is 0.408. The summed E-state index contributed by atoms with van der Waals surface area (Å²) in [7, 11) is 1.70. The average molecular weight is 319 g/mol. The highest BCUT2D eigenvalue weighted by Gasteiger charge is 2.43. The molecule has 2 aromatic rings. The zero-order valence-corrected chi connectivity index (χ0v) is 13.3. The summed E-state index contributed by atoms with van der Waals surface area (Å²) in [5, 5.41) is 2.94. The quantitative estimate of drug-likeness (QED) is 0.925. The monoisotopic (exact) mass is 319 g/mol. The number of amides is 3. The van der Waals surface area contributed by atoms with Gasteiger partial charge in [0.2, 0.25) is 0 Å². The second-order valence-corrected chi connectivity index (χ2v) is 5.94. The molecule has 120 valence electrons. The second kappa shape index (κ2) is 5.53. The van der Waals surface area contributed by atoms with E-state index in [-0.39, 0.29) is 11.9 Å². The van der Waals surface area contributed by atoms with Gasteiger partial charge in [-0.25, -0.2) is 4.79 Å². The molecule has 0 fully saturated rings. The minimum atomic E-state index is -0.411. The number of hydrogen-bond acceptors (Lipinski definition) is 2. The van der Waals surface area contributed by atoms with Crippen LogP contribution in [0.3, 0.4) is 0 Å². The largest absolute Gasteiger partial charge is 0.327 e. The van der Waals surface area contributed by atoms with Crippen LogP contribution in [0.2, 0.25) is 0 Å². The van der Waals surface area contributed by atoms with Gasteiger partial charge in [-0.1, -0.05) is 48.5 Å². The third-order valence-corrected chi connectivity index (χ3v) is 4.56. The van der Waals surface area contributed by atoms with Crippen molar-refractivity contribution < 1.29 is 9.59 Å². The van der Waals surface area contributed by atoms with Gasteiger partial charge in [-0.05, 0) is 17.7 Å². The molecule has 0 bridgehead atoms. The van der Waals surface area contributed by atoms with Crippen molar-refractivity contribution in [1.82, 2.24) is 10.2 Å². The Labute approximate surface area is 140 Å². The third-order valence-electron chi connectivity index (χ3n) is 4.56. The van der Waals surface area contributed by atoms with E-state index < -0.39 is 6.04 Å². The maximum atomic E-state index is 13.1. The number of likely N-dealkylation sites (N-methyl/N-ethyl adjacent to an activating group) is 1. The fourth-order valence-corrected chi connectivity index (χ4v) is 3.28. The number of urea groups is 1. The first-order chi connectivity index (χ1) is 11.7. The summed E-state index contributed by atoms with van der Waals surface area (Å²) in [6, 6.07) is 18.5. The Morgan fingerprint density at radius 2 is 1.58 bits per heavy atom. The van der Waals surface area contributed by atoms with Gasteiger partial charge in [0, 0.05) is 12.7 Å². The zero-order valence-electron chi connectivity index (χ0n) is 13.3. The molecule has 2 aliphatic heterocycles. The molecule has 2 heterocycles. The van der Waals surface area contributed by atoms with Crippen LogP contribution in [0.4, 0.5) is 10.5 Å². The lowest BCUT2D eigenvalue weighted by molar-refractivity contribution is -0.114. The molecule has 5 nitrogen and oxygen atoms in total. The zero-order chi connectivity index (χ0) is 16.7. The van der Waals surface area contributed by atoms with Gasteiger partial charge < -0.3 is 10.2 Å². The number of benzene rings is 2. The highest BCUT2D eigenvalue weighted by Crippen LogP contribution is 2.37. The van der Waals surface area contributed by atoms with Crippen LogP contribution in [0.25, 0.3) is 0 Å². The summed E-state index contributed by atoms with van der Waals surface area (Å²) in [6.07, 6.45) is 0. The highest BCUT2D eigenvalue weighted by atomic mass is 16.2. The highest BCUT2D eigenvalue weighted by molar-refractivity contribution is 6.11. The summed E-state index contributed by atoms with van der Waals surface area (Å²) in [4.78, 5) is 28.6. The Kier molecular flexibility index (Phi) is 3.34. The Morgan fingerprint density at radius 1 is 0.958 bits per heavy atom. The Hall–Kier alpha value is -3.08. The molecular weight excluding hydrogens is 302 g/mol. The minimum absolute atomic E-state index is 0.0584. The lowest BCUT2D eigenvalue weighted by Crippen LogP contribution is -2.45. The Morgan fingerprint density at radius 3 is 2.25 bits per heavy atom. The number of carbonyl (C=O) groups is 2. The van der Waals surface area contributed by atoms with E-state index in [4.69, 9.17) is 0 Å². The number of nitrogens with zero attached hydrogens (tertiary/aromatic N) is 2. The van der Waals surface area contributed by atoms with Crippen molar-refractivity contribution in [3.05, 3.63) is 77.5 Å². The van der Waals surface area contributed by atoms with E-state index in [0.29, 0.717) is 12.1 Å². The summed E-state index contributed by atoms with van der Waals surface area (Å²) >= 11 is 0. The van der Waals surface area contributed by atoms with Crippen molar-refractivity contribution in [3.8, 4) is 0 Å². The SMILES string of the molecule is CN1C(=O)NC(c2ccccc2)C2=C1CN(c1ccccc1)C2=O. The van der Waals surface area contributed by atoms with Gasteiger partial charge in [-0.3, -0.25) is 9.69 Å². The standard InChI is InChI=1S/C19H17N3O2/c1-21-15-12-22(14-10-6-3-7-11-14)18(23)16(15)17(20-19(21)24)13-8-4-2-5-9-13/h2-11,17H,12H2,1H3,(H,20,24). The maximum Gasteiger partial charge on any atom is 0.322 e. The van der Waals surface area contributed by atoms with E-state index in [1.807, 2.05) is 60.7 Å². The summed E-state index contributed by atoms with van der Waals surface area (Å²) < 4.78 is 0. The topological polar surface area (TPSA) is 52.7 Å². The van der Waals surface area contributed by atoms with Crippen LogP contribution in [-0.4, -0.2) is 30.4 Å². The molecule has 4 rings (SSSR count). The first-order valence-corrected chi connectivity index (χ1v) is 7.86. The van der Waals surface area contributed by atoms with Crippen molar-refractivity contribution in [1.29, 1.82) is 0 Å². The number of nitrogens with one attached hydrogen (secondary N) is 1. The van der Waals surface area contributed by atoms with Gasteiger partial charge in [0.1, 0.15) is 0 Å². The van der Waals surface area contributed by atoms with Gasteiger partial charge in [0.05, 0.1) is 23.9 Å². The molecule has 24 heavy (non-hydrogen) atoms. The molecule has 3 amide bonds. The fraction of sp³-hybridized carbons (Fsp3) is 0.158. The van der Waals surface area contributed by atoms with Crippen molar-refractivity contribution in [2.75, 3.05) is 18.5 Å². The molecular formula is C19H17N3O2. The van der Waals surface area contributed by atoms with E-state index in [1.54, 1.807) is 11.9 Å². The van der Waals surface area contributed by atoms with Gasteiger partial charge >= 0.3 is 6.03 Å². The van der Waals surface area contributed by atoms with Gasteiger partial charge in [0.15, 0.2) is 0 Å².